The third kappa shape index (κ3) is 19.4. The summed E-state index contributed by atoms with van der Waals surface area (Å²) in [6.45, 7) is 9.25. The van der Waals surface area contributed by atoms with Crippen LogP contribution in [0, 0.1) is 11.8 Å². The van der Waals surface area contributed by atoms with E-state index in [0.717, 1.165) is 5.56 Å². The summed E-state index contributed by atoms with van der Waals surface area (Å²) in [5, 5.41) is 35.6. The Kier molecular flexibility index (Phi) is 23.7. The van der Waals surface area contributed by atoms with Gasteiger partial charge in [0.1, 0.15) is 48.0 Å². The number of likely N-dealkylation sites (tertiary alicyclic amines) is 1. The van der Waals surface area contributed by atoms with E-state index in [9.17, 15) is 53.4 Å². The van der Waals surface area contributed by atoms with Crippen LogP contribution < -0.4 is 49.1 Å². The molecule has 14 N–H and O–H groups in total. The van der Waals surface area contributed by atoms with Crippen LogP contribution in [0.2, 0.25) is 0 Å². The van der Waals surface area contributed by atoms with Gasteiger partial charge in [-0.15, -0.1) is 0 Å². The topological polar surface area (TPSA) is 348 Å². The number of nitrogens with one attached hydrogen (secondary N) is 6. The van der Waals surface area contributed by atoms with E-state index in [1.165, 1.54) is 36.1 Å². The number of benzene rings is 2. The van der Waals surface area contributed by atoms with Crippen LogP contribution in [-0.4, -0.2) is 130 Å². The third-order valence-corrected chi connectivity index (χ3v) is 11.8. The molecule has 0 spiro atoms. The summed E-state index contributed by atoms with van der Waals surface area (Å²) in [4.78, 5) is 122. The van der Waals surface area contributed by atoms with Gasteiger partial charge in [-0.25, -0.2) is 4.79 Å². The Hall–Kier alpha value is -6.61. The van der Waals surface area contributed by atoms with Crippen LogP contribution >= 0.6 is 0 Å². The van der Waals surface area contributed by atoms with Crippen molar-refractivity contribution in [1.29, 1.82) is 0 Å². The smallest absolute Gasteiger partial charge is 0.326 e. The molecule has 1 aliphatic heterocycles. The van der Waals surface area contributed by atoms with E-state index in [1.807, 2.05) is 44.2 Å². The molecule has 2 aromatic rings. The molecule has 0 saturated carbocycles. The average molecular weight is 979 g/mol. The molecule has 2 aromatic carbocycles. The van der Waals surface area contributed by atoms with Crippen molar-refractivity contribution in [3.8, 4) is 5.75 Å². The number of aliphatic carboxylic acids is 1. The van der Waals surface area contributed by atoms with Crippen molar-refractivity contribution in [1.82, 2.24) is 36.8 Å². The maximum Gasteiger partial charge on any atom is 0.326 e. The number of carboxylic acids is 1. The molecule has 3 rings (SSSR count). The number of aromatic hydroxyl groups is 1. The lowest BCUT2D eigenvalue weighted by Gasteiger charge is -2.31. The molecule has 0 bridgehead atoms. The Labute approximate surface area is 409 Å². The third-order valence-electron chi connectivity index (χ3n) is 11.8. The van der Waals surface area contributed by atoms with E-state index < -0.39 is 102 Å². The van der Waals surface area contributed by atoms with Crippen LogP contribution in [0.5, 0.6) is 5.75 Å². The molecule has 8 atom stereocenters. The van der Waals surface area contributed by atoms with Gasteiger partial charge in [-0.05, 0) is 106 Å². The molecule has 1 aliphatic rings. The van der Waals surface area contributed by atoms with Crippen LogP contribution in [0.1, 0.15) is 104 Å². The molecule has 0 aliphatic carbocycles. The molecule has 0 radical (unpaired) electrons. The first-order valence-corrected chi connectivity index (χ1v) is 24.0. The maximum atomic E-state index is 14.3. The second kappa shape index (κ2) is 28.8. The lowest BCUT2D eigenvalue weighted by molar-refractivity contribution is -0.143. The summed E-state index contributed by atoms with van der Waals surface area (Å²) in [5.41, 5.74) is 18.5. The van der Waals surface area contributed by atoms with Crippen molar-refractivity contribution in [2.75, 3.05) is 13.1 Å². The highest BCUT2D eigenvalue weighted by atomic mass is 16.4. The van der Waals surface area contributed by atoms with Gasteiger partial charge < -0.3 is 64.2 Å². The van der Waals surface area contributed by atoms with Crippen molar-refractivity contribution in [3.05, 3.63) is 65.7 Å². The first-order valence-electron chi connectivity index (χ1n) is 24.0. The maximum absolute atomic E-state index is 14.3. The summed E-state index contributed by atoms with van der Waals surface area (Å²) < 4.78 is 0. The van der Waals surface area contributed by atoms with Gasteiger partial charge in [-0.3, -0.25) is 38.4 Å². The molecule has 1 heterocycles. The number of rotatable bonds is 29. The lowest BCUT2D eigenvalue weighted by atomic mass is 10.00. The summed E-state index contributed by atoms with van der Waals surface area (Å²) in [5.74, 6) is -7.35. The zero-order chi connectivity index (χ0) is 52.1. The molecule has 21 heteroatoms. The Balaban J connectivity index is 1.83. The average Bonchev–Trinajstić information content (AvgIpc) is 3.80. The van der Waals surface area contributed by atoms with Crippen molar-refractivity contribution in [2.45, 2.75) is 154 Å². The van der Waals surface area contributed by atoms with E-state index in [0.29, 0.717) is 31.4 Å². The minimum Gasteiger partial charge on any atom is -0.508 e. The van der Waals surface area contributed by atoms with E-state index in [2.05, 4.69) is 31.9 Å². The van der Waals surface area contributed by atoms with Gasteiger partial charge in [0, 0.05) is 19.4 Å². The Bertz CT molecular complexity index is 2090. The van der Waals surface area contributed by atoms with E-state index in [1.54, 1.807) is 13.8 Å². The molecule has 386 valence electrons. The number of primary amides is 1. The zero-order valence-corrected chi connectivity index (χ0v) is 40.9. The van der Waals surface area contributed by atoms with Gasteiger partial charge >= 0.3 is 5.97 Å². The SMILES string of the molecule is CC(C)CC(NC(=O)C(Cc1ccc(O)cc1)NC(=O)C(CCC(N)=O)NC(=O)C1CCCN1C(=O)C(CC(C)C)NC(=O)C(C)NC(=O)C(N)Cc1ccccc1)C(=O)NC(CCCCN)C(=O)O. The van der Waals surface area contributed by atoms with Crippen LogP contribution in [0.4, 0.5) is 0 Å². The molecule has 1 saturated heterocycles. The Morgan fingerprint density at radius 1 is 0.643 bits per heavy atom. The number of hydrogen-bond acceptors (Lipinski definition) is 12. The summed E-state index contributed by atoms with van der Waals surface area (Å²) in [7, 11) is 0. The van der Waals surface area contributed by atoms with Gasteiger partial charge in [0.05, 0.1) is 6.04 Å². The minimum absolute atomic E-state index is 0.0631. The molecule has 21 nitrogen and oxygen atoms in total. The first-order chi connectivity index (χ1) is 33.1. The van der Waals surface area contributed by atoms with Crippen LogP contribution in [0.15, 0.2) is 54.6 Å². The summed E-state index contributed by atoms with van der Waals surface area (Å²) in [6.07, 6.45) is 1.36. The number of carbonyl (C=O) groups is 9. The monoisotopic (exact) mass is 979 g/mol. The molecular formula is C49H74N10O11. The molecular weight excluding hydrogens is 905 g/mol. The van der Waals surface area contributed by atoms with E-state index in [-0.39, 0.29) is 75.5 Å². The number of carbonyl (C=O) groups excluding carboxylic acids is 8. The summed E-state index contributed by atoms with van der Waals surface area (Å²) >= 11 is 0. The fourth-order valence-electron chi connectivity index (χ4n) is 8.01. The number of nitrogens with zero attached hydrogens (tertiary/aromatic N) is 1. The van der Waals surface area contributed by atoms with Gasteiger partial charge in [0.15, 0.2) is 0 Å². The van der Waals surface area contributed by atoms with Gasteiger partial charge in [0.2, 0.25) is 47.3 Å². The molecule has 8 amide bonds. The highest BCUT2D eigenvalue weighted by molar-refractivity contribution is 5.98. The highest BCUT2D eigenvalue weighted by Gasteiger charge is 2.40. The fourth-order valence-corrected chi connectivity index (χ4v) is 8.01. The number of phenolic OH excluding ortho intramolecular Hbond substituents is 1. The van der Waals surface area contributed by atoms with Gasteiger partial charge in [0.25, 0.3) is 0 Å². The molecule has 0 aromatic heterocycles. The number of carboxylic acid groups (broad SMARTS) is 1. The minimum atomic E-state index is -1.46. The predicted molar refractivity (Wildman–Crippen MR) is 260 cm³/mol. The second-order valence-corrected chi connectivity index (χ2v) is 18.8. The normalized spacial score (nSPS) is 16.4. The molecule has 70 heavy (non-hydrogen) atoms. The van der Waals surface area contributed by atoms with Crippen LogP contribution in [0.25, 0.3) is 0 Å². The van der Waals surface area contributed by atoms with Crippen molar-refractivity contribution in [2.24, 2.45) is 29.0 Å². The van der Waals surface area contributed by atoms with Crippen molar-refractivity contribution >= 4 is 53.2 Å². The van der Waals surface area contributed by atoms with Gasteiger partial charge in [-0.2, -0.15) is 0 Å². The number of phenols is 1. The quantitative estimate of drug-likeness (QED) is 0.0479. The summed E-state index contributed by atoms with van der Waals surface area (Å²) in [6, 6.07) is 5.36. The van der Waals surface area contributed by atoms with Crippen LogP contribution in [-0.2, 0) is 56.0 Å². The van der Waals surface area contributed by atoms with Gasteiger partial charge in [-0.1, -0.05) is 70.2 Å². The second-order valence-electron chi connectivity index (χ2n) is 18.8. The zero-order valence-electron chi connectivity index (χ0n) is 40.9. The largest absolute Gasteiger partial charge is 0.508 e. The number of hydrogen-bond donors (Lipinski definition) is 11. The molecule has 8 unspecified atom stereocenters. The van der Waals surface area contributed by atoms with E-state index in [4.69, 9.17) is 17.2 Å². The number of unbranched alkanes of at least 4 members (excludes halogenated alkanes) is 1. The Morgan fingerprint density at radius 3 is 1.80 bits per heavy atom. The predicted octanol–water partition coefficient (Wildman–Crippen LogP) is -0.00430. The van der Waals surface area contributed by atoms with Crippen LogP contribution in [0.3, 0.4) is 0 Å². The number of amides is 8. The molecule has 1 fully saturated rings. The Morgan fingerprint density at radius 2 is 1.20 bits per heavy atom. The lowest BCUT2D eigenvalue weighted by Crippen LogP contribution is -2.60. The standard InChI is InChI=1S/C49H74N10O11/c1-28(2)24-37(45(65)55-36(49(69)70)14-9-10-22-50)56-46(66)38(27-32-16-18-33(60)19-17-32)57-44(64)35(20-21-41(52)61)54-47(67)40-15-11-23-59(40)48(68)39(25-29(3)4)58-42(62)30(5)53-43(63)34(51)26-31-12-7-6-8-13-31/h6-8,12-13,16-19,28-30,34-40,60H,9-11,14-15,20-27,50-51H2,1-5H3,(H2,52,61)(H,53,63)(H,54,67)(H,55,65)(H,56,66)(H,57,64)(H,58,62)(H,69,70). The number of nitrogens with two attached hydrogens (primary N) is 3. The van der Waals surface area contributed by atoms with E-state index >= 15 is 0 Å². The fraction of sp³-hybridized carbons (Fsp3) is 0.571. The van der Waals surface area contributed by atoms with Crippen molar-refractivity contribution in [3.63, 3.8) is 0 Å². The highest BCUT2D eigenvalue weighted by Crippen LogP contribution is 2.22. The van der Waals surface area contributed by atoms with Crippen molar-refractivity contribution < 1.29 is 53.4 Å². The first kappa shape index (κ1) is 57.7.